The maximum Gasteiger partial charge on any atom is 0.122 e. The maximum absolute atomic E-state index is 9.99. The predicted octanol–water partition coefficient (Wildman–Crippen LogP) is 3.02. The van der Waals surface area contributed by atoms with Crippen LogP contribution in [0.25, 0.3) is 17.9 Å². The molecular formula is C20H17CoN2O2-. The van der Waals surface area contributed by atoms with Crippen molar-refractivity contribution in [2.75, 3.05) is 5.73 Å². The molecule has 0 aliphatic rings. The fraction of sp³-hybridized carbons (Fsp3) is 0. The Hall–Kier alpha value is -2.89. The average Bonchev–Trinajstić information content (AvgIpc) is 2.58. The molecule has 129 valence electrons. The molecular weight excluding hydrogens is 359 g/mol. The SMILES string of the molecule is [Co].[NH-]c1ccc(=Cc2ccccc2O)c(=Cc2ccccc2O)c1N. The predicted molar refractivity (Wildman–Crippen MR) is 97.4 cm³/mol. The van der Waals surface area contributed by atoms with Crippen molar-refractivity contribution in [2.24, 2.45) is 0 Å². The van der Waals surface area contributed by atoms with E-state index in [0.29, 0.717) is 22.0 Å². The fourth-order valence-corrected chi connectivity index (χ4v) is 2.48. The van der Waals surface area contributed by atoms with Crippen molar-refractivity contribution in [3.05, 3.63) is 88.0 Å². The number of benzene rings is 3. The standard InChI is InChI=1S/C20H17N2O2.Co/c21-17-10-9-13(11-14-5-1-3-7-18(14)23)16(20(17)22)12-15-6-2-4-8-19(15)24;/h1-12,21,23-24H,22H2;/q-1;. The Balaban J connectivity index is 0.00000225. The third-order valence-electron chi connectivity index (χ3n) is 3.81. The second-order valence-corrected chi connectivity index (χ2v) is 5.44. The molecule has 0 aliphatic carbocycles. The summed E-state index contributed by atoms with van der Waals surface area (Å²) in [5, 5.41) is 21.3. The molecule has 3 aromatic rings. The molecule has 0 saturated carbocycles. The molecule has 0 unspecified atom stereocenters. The second kappa shape index (κ2) is 7.79. The summed E-state index contributed by atoms with van der Waals surface area (Å²) in [6.45, 7) is 0. The first-order chi connectivity index (χ1) is 11.6. The molecule has 3 rings (SSSR count). The van der Waals surface area contributed by atoms with E-state index in [2.05, 4.69) is 0 Å². The van der Waals surface area contributed by atoms with Gasteiger partial charge in [-0.25, -0.2) is 0 Å². The summed E-state index contributed by atoms with van der Waals surface area (Å²) >= 11 is 0. The van der Waals surface area contributed by atoms with Crippen molar-refractivity contribution in [3.63, 3.8) is 0 Å². The van der Waals surface area contributed by atoms with Crippen LogP contribution in [-0.2, 0) is 16.8 Å². The van der Waals surface area contributed by atoms with Gasteiger partial charge in [-0.2, -0.15) is 0 Å². The Labute approximate surface area is 155 Å². The van der Waals surface area contributed by atoms with E-state index in [0.717, 1.165) is 5.22 Å². The van der Waals surface area contributed by atoms with Crippen LogP contribution in [0.15, 0.2) is 60.7 Å². The second-order valence-electron chi connectivity index (χ2n) is 5.44. The molecule has 25 heavy (non-hydrogen) atoms. The Morgan fingerprint density at radius 2 is 1.28 bits per heavy atom. The molecule has 0 amide bonds. The van der Waals surface area contributed by atoms with Gasteiger partial charge in [0.05, 0.1) is 0 Å². The Kier molecular flexibility index (Phi) is 5.74. The number of anilines is 1. The van der Waals surface area contributed by atoms with Gasteiger partial charge in [0, 0.05) is 38.8 Å². The van der Waals surface area contributed by atoms with Crippen LogP contribution in [0.3, 0.4) is 0 Å². The van der Waals surface area contributed by atoms with Gasteiger partial charge in [-0.3, -0.25) is 0 Å². The molecule has 3 aromatic carbocycles. The number of para-hydroxylation sites is 2. The number of nitrogens with one attached hydrogen (secondary N) is 1. The van der Waals surface area contributed by atoms with E-state index < -0.39 is 0 Å². The summed E-state index contributed by atoms with van der Waals surface area (Å²) in [6, 6.07) is 17.3. The van der Waals surface area contributed by atoms with Gasteiger partial charge < -0.3 is 21.7 Å². The minimum atomic E-state index is 0. The van der Waals surface area contributed by atoms with E-state index in [9.17, 15) is 10.2 Å². The summed E-state index contributed by atoms with van der Waals surface area (Å²) in [4.78, 5) is 0. The molecule has 1 radical (unpaired) electrons. The number of hydrogen-bond donors (Lipinski definition) is 3. The molecule has 0 spiro atoms. The van der Waals surface area contributed by atoms with Gasteiger partial charge in [0.25, 0.3) is 0 Å². The van der Waals surface area contributed by atoms with Crippen molar-refractivity contribution in [3.8, 4) is 11.5 Å². The summed E-state index contributed by atoms with van der Waals surface area (Å²) in [5.41, 5.74) is 15.8. The molecule has 0 heterocycles. The smallest absolute Gasteiger partial charge is 0.122 e. The van der Waals surface area contributed by atoms with E-state index >= 15 is 0 Å². The number of phenols is 2. The largest absolute Gasteiger partial charge is 0.697 e. The van der Waals surface area contributed by atoms with Crippen molar-refractivity contribution in [1.82, 2.24) is 0 Å². The number of rotatable bonds is 2. The summed E-state index contributed by atoms with van der Waals surface area (Å²) in [7, 11) is 0. The molecule has 0 saturated heterocycles. The van der Waals surface area contributed by atoms with Gasteiger partial charge >= 0.3 is 0 Å². The van der Waals surface area contributed by atoms with Crippen LogP contribution < -0.4 is 16.2 Å². The first-order valence-electron chi connectivity index (χ1n) is 7.46. The van der Waals surface area contributed by atoms with Crippen molar-refractivity contribution in [1.29, 1.82) is 0 Å². The van der Waals surface area contributed by atoms with Crippen molar-refractivity contribution in [2.45, 2.75) is 0 Å². The first-order valence-corrected chi connectivity index (χ1v) is 7.46. The maximum atomic E-state index is 9.99. The van der Waals surface area contributed by atoms with Gasteiger partial charge in [0.15, 0.2) is 0 Å². The van der Waals surface area contributed by atoms with E-state index in [1.165, 1.54) is 0 Å². The molecule has 4 nitrogen and oxygen atoms in total. The topological polar surface area (TPSA) is 90.3 Å². The van der Waals surface area contributed by atoms with Crippen LogP contribution in [0.1, 0.15) is 11.1 Å². The van der Waals surface area contributed by atoms with Gasteiger partial charge in [0.1, 0.15) is 11.5 Å². The number of nitrogen functional groups attached to an aromatic ring is 1. The molecule has 0 aliphatic heterocycles. The Morgan fingerprint density at radius 3 is 1.84 bits per heavy atom. The van der Waals surface area contributed by atoms with Gasteiger partial charge in [0.2, 0.25) is 0 Å². The Morgan fingerprint density at radius 1 is 0.760 bits per heavy atom. The van der Waals surface area contributed by atoms with Crippen molar-refractivity contribution < 1.29 is 27.0 Å². The summed E-state index contributed by atoms with van der Waals surface area (Å²) in [5.74, 6) is 0.306. The molecule has 5 N–H and O–H groups in total. The number of aromatic hydroxyl groups is 2. The van der Waals surface area contributed by atoms with Crippen LogP contribution in [0, 0.1) is 0 Å². The van der Waals surface area contributed by atoms with E-state index in [1.54, 1.807) is 60.7 Å². The van der Waals surface area contributed by atoms with Gasteiger partial charge in [-0.15, -0.1) is 5.69 Å². The number of hydrogen-bond acceptors (Lipinski definition) is 3. The number of phenolic OH excluding ortho intramolecular Hbond substituents is 2. The zero-order chi connectivity index (χ0) is 17.1. The monoisotopic (exact) mass is 376 g/mol. The molecule has 0 aromatic heterocycles. The normalized spacial score (nSPS) is 12.0. The molecule has 0 fully saturated rings. The minimum absolute atomic E-state index is 0. The zero-order valence-corrected chi connectivity index (χ0v) is 14.3. The third-order valence-corrected chi connectivity index (χ3v) is 3.81. The average molecular weight is 376 g/mol. The summed E-state index contributed by atoms with van der Waals surface area (Å²) < 4.78 is 0. The molecule has 0 bridgehead atoms. The van der Waals surface area contributed by atoms with Crippen molar-refractivity contribution >= 4 is 23.5 Å². The fourth-order valence-electron chi connectivity index (χ4n) is 2.48. The van der Waals surface area contributed by atoms with Gasteiger partial charge in [-0.1, -0.05) is 48.5 Å². The molecule has 5 heteroatoms. The van der Waals surface area contributed by atoms with Crippen LogP contribution >= 0.6 is 0 Å². The molecule has 0 atom stereocenters. The zero-order valence-electron chi connectivity index (χ0n) is 13.2. The minimum Gasteiger partial charge on any atom is -0.697 e. The van der Waals surface area contributed by atoms with E-state index in [1.807, 2.05) is 12.1 Å². The van der Waals surface area contributed by atoms with E-state index in [4.69, 9.17) is 11.5 Å². The quantitative estimate of drug-likeness (QED) is 0.601. The van der Waals surface area contributed by atoms with Crippen LogP contribution in [-0.4, -0.2) is 10.2 Å². The van der Waals surface area contributed by atoms with Crippen LogP contribution in [0.2, 0.25) is 0 Å². The van der Waals surface area contributed by atoms with Crippen LogP contribution in [0.4, 0.5) is 11.4 Å². The van der Waals surface area contributed by atoms with E-state index in [-0.39, 0.29) is 34.0 Å². The van der Waals surface area contributed by atoms with Gasteiger partial charge in [-0.05, 0) is 29.5 Å². The van der Waals surface area contributed by atoms with Crippen LogP contribution in [0.5, 0.6) is 11.5 Å². The summed E-state index contributed by atoms with van der Waals surface area (Å²) in [6.07, 6.45) is 3.55. The third kappa shape index (κ3) is 3.96. The Bertz CT molecular complexity index is 1020. The number of nitrogens with two attached hydrogens (primary N) is 1. The first kappa shape index (κ1) is 18.4.